The molecule has 0 radical (unpaired) electrons. The fourth-order valence-electron chi connectivity index (χ4n) is 3.58. The molecule has 1 fully saturated rings. The highest BCUT2D eigenvalue weighted by molar-refractivity contribution is 6.04. The molecule has 1 unspecified atom stereocenters. The number of nitrogens with zero attached hydrogens (tertiary/aromatic N) is 1. The highest BCUT2D eigenvalue weighted by Crippen LogP contribution is 2.37. The van der Waals surface area contributed by atoms with Crippen molar-refractivity contribution in [3.8, 4) is 11.5 Å². The van der Waals surface area contributed by atoms with Crippen molar-refractivity contribution in [2.45, 2.75) is 6.17 Å². The lowest BCUT2D eigenvalue weighted by molar-refractivity contribution is 0.0932. The van der Waals surface area contributed by atoms with Crippen LogP contribution in [-0.2, 0) is 0 Å². The first kappa shape index (κ1) is 17.5. The molecule has 3 N–H and O–H groups in total. The molecule has 0 spiro atoms. The van der Waals surface area contributed by atoms with Crippen LogP contribution in [0.3, 0.4) is 0 Å². The summed E-state index contributed by atoms with van der Waals surface area (Å²) >= 11 is 0. The zero-order chi connectivity index (χ0) is 18.8. The Hall–Kier alpha value is -2.93. The van der Waals surface area contributed by atoms with Crippen molar-refractivity contribution in [3.63, 3.8) is 0 Å². The monoisotopic (exact) mass is 368 g/mol. The predicted octanol–water partition coefficient (Wildman–Crippen LogP) is 1.97. The Labute approximate surface area is 158 Å². The number of amides is 1. The Morgan fingerprint density at radius 3 is 2.41 bits per heavy atom. The molecule has 0 aliphatic carbocycles. The molecular weight excluding hydrogens is 344 g/mol. The van der Waals surface area contributed by atoms with E-state index >= 15 is 0 Å². The van der Waals surface area contributed by atoms with E-state index in [0.29, 0.717) is 22.7 Å². The fraction of sp³-hybridized carbons (Fsp3) is 0.350. The van der Waals surface area contributed by atoms with Crippen molar-refractivity contribution >= 4 is 17.3 Å². The first-order valence-corrected chi connectivity index (χ1v) is 9.08. The largest absolute Gasteiger partial charge is 0.497 e. The van der Waals surface area contributed by atoms with Crippen molar-refractivity contribution in [1.29, 1.82) is 0 Å². The second-order valence-electron chi connectivity index (χ2n) is 6.63. The summed E-state index contributed by atoms with van der Waals surface area (Å²) in [5, 5.41) is 9.74. The molecule has 4 rings (SSSR count). The van der Waals surface area contributed by atoms with E-state index in [0.717, 1.165) is 31.7 Å². The number of carbonyl (C=O) groups excluding carboxylic acids is 1. The standard InChI is InChI=1S/C20H24N4O3/c1-26-15-11-16-18(17(12-15)27-2)20(25)23-19(22-16)13-3-5-14(6-4-13)24-9-7-21-8-10-24/h3-6,11-12,19,21-22H,7-10H2,1-2H3,(H,23,25). The number of methoxy groups -OCH3 is 2. The fourth-order valence-corrected chi connectivity index (χ4v) is 3.58. The normalized spacial score (nSPS) is 19.0. The van der Waals surface area contributed by atoms with Crippen molar-refractivity contribution < 1.29 is 14.3 Å². The molecule has 2 aromatic rings. The van der Waals surface area contributed by atoms with Crippen LogP contribution in [0.1, 0.15) is 22.1 Å². The SMILES string of the molecule is COc1cc2c(c(OC)c1)C(=O)NC(c1ccc(N3CCNCC3)cc1)N2. The molecule has 0 aromatic heterocycles. The smallest absolute Gasteiger partial charge is 0.259 e. The van der Waals surface area contributed by atoms with Gasteiger partial charge in [0.25, 0.3) is 5.91 Å². The summed E-state index contributed by atoms with van der Waals surface area (Å²) in [5.74, 6) is 0.960. The van der Waals surface area contributed by atoms with Gasteiger partial charge in [0.15, 0.2) is 0 Å². The molecule has 1 amide bonds. The second kappa shape index (κ2) is 7.36. The third-order valence-corrected chi connectivity index (χ3v) is 5.04. The van der Waals surface area contributed by atoms with Crippen LogP contribution in [-0.4, -0.2) is 46.3 Å². The van der Waals surface area contributed by atoms with Crippen LogP contribution in [0.5, 0.6) is 11.5 Å². The highest BCUT2D eigenvalue weighted by Gasteiger charge is 2.28. The number of piperazine rings is 1. The highest BCUT2D eigenvalue weighted by atomic mass is 16.5. The minimum absolute atomic E-state index is 0.167. The molecule has 2 aliphatic heterocycles. The number of anilines is 2. The van der Waals surface area contributed by atoms with Crippen LogP contribution in [0, 0.1) is 0 Å². The van der Waals surface area contributed by atoms with Gasteiger partial charge in [-0.15, -0.1) is 0 Å². The van der Waals surface area contributed by atoms with Crippen molar-refractivity contribution in [1.82, 2.24) is 10.6 Å². The van der Waals surface area contributed by atoms with Crippen LogP contribution in [0.25, 0.3) is 0 Å². The number of hydrogen-bond acceptors (Lipinski definition) is 6. The number of carbonyl (C=O) groups is 1. The number of fused-ring (bicyclic) bond motifs is 1. The van der Waals surface area contributed by atoms with E-state index in [1.807, 2.05) is 6.07 Å². The quantitative estimate of drug-likeness (QED) is 0.766. The number of hydrogen-bond donors (Lipinski definition) is 3. The van der Waals surface area contributed by atoms with Crippen molar-refractivity contribution in [2.24, 2.45) is 0 Å². The summed E-state index contributed by atoms with van der Waals surface area (Å²) in [5.41, 5.74) is 3.39. The van der Waals surface area contributed by atoms with Crippen LogP contribution in [0.15, 0.2) is 36.4 Å². The Balaban J connectivity index is 1.58. The Morgan fingerprint density at radius 1 is 1.00 bits per heavy atom. The average Bonchev–Trinajstić information content (AvgIpc) is 2.73. The van der Waals surface area contributed by atoms with Gasteiger partial charge in [0.2, 0.25) is 0 Å². The van der Waals surface area contributed by atoms with E-state index < -0.39 is 0 Å². The molecule has 27 heavy (non-hydrogen) atoms. The van der Waals surface area contributed by atoms with E-state index in [-0.39, 0.29) is 12.1 Å². The summed E-state index contributed by atoms with van der Waals surface area (Å²) in [6, 6.07) is 11.9. The van der Waals surface area contributed by atoms with Crippen LogP contribution < -0.4 is 30.3 Å². The number of ether oxygens (including phenoxy) is 2. The lowest BCUT2D eigenvalue weighted by atomic mass is 10.0. The maximum Gasteiger partial charge on any atom is 0.259 e. The van der Waals surface area contributed by atoms with E-state index in [1.54, 1.807) is 20.3 Å². The van der Waals surface area contributed by atoms with Gasteiger partial charge in [0.1, 0.15) is 23.2 Å². The van der Waals surface area contributed by atoms with E-state index in [4.69, 9.17) is 9.47 Å². The molecule has 2 aromatic carbocycles. The van der Waals surface area contributed by atoms with Gasteiger partial charge < -0.3 is 30.3 Å². The minimum atomic E-state index is -0.307. The minimum Gasteiger partial charge on any atom is -0.497 e. The van der Waals surface area contributed by atoms with E-state index in [1.165, 1.54) is 5.69 Å². The number of benzene rings is 2. The molecule has 7 heteroatoms. The van der Waals surface area contributed by atoms with Gasteiger partial charge >= 0.3 is 0 Å². The van der Waals surface area contributed by atoms with Gasteiger partial charge in [-0.3, -0.25) is 4.79 Å². The molecule has 142 valence electrons. The van der Waals surface area contributed by atoms with Crippen molar-refractivity contribution in [3.05, 3.63) is 47.5 Å². The van der Waals surface area contributed by atoms with E-state index in [2.05, 4.69) is 45.1 Å². The van der Waals surface area contributed by atoms with Gasteiger partial charge in [-0.05, 0) is 17.7 Å². The Bertz CT molecular complexity index is 832. The summed E-state index contributed by atoms with van der Waals surface area (Å²) in [4.78, 5) is 15.0. The topological polar surface area (TPSA) is 74.9 Å². The molecule has 7 nitrogen and oxygen atoms in total. The van der Waals surface area contributed by atoms with Gasteiger partial charge in [-0.2, -0.15) is 0 Å². The van der Waals surface area contributed by atoms with Gasteiger partial charge in [0, 0.05) is 44.0 Å². The summed E-state index contributed by atoms with van der Waals surface area (Å²) < 4.78 is 10.7. The van der Waals surface area contributed by atoms with Gasteiger partial charge in [0.05, 0.1) is 19.9 Å². The molecule has 1 atom stereocenters. The first-order valence-electron chi connectivity index (χ1n) is 9.08. The molecular formula is C20H24N4O3. The van der Waals surface area contributed by atoms with E-state index in [9.17, 15) is 4.79 Å². The molecule has 2 heterocycles. The summed E-state index contributed by atoms with van der Waals surface area (Å²) in [6.07, 6.45) is -0.307. The van der Waals surface area contributed by atoms with Gasteiger partial charge in [-0.25, -0.2) is 0 Å². The van der Waals surface area contributed by atoms with Gasteiger partial charge in [-0.1, -0.05) is 12.1 Å². The molecule has 0 bridgehead atoms. The Morgan fingerprint density at radius 2 is 1.74 bits per heavy atom. The summed E-state index contributed by atoms with van der Waals surface area (Å²) in [7, 11) is 3.14. The molecule has 2 aliphatic rings. The third-order valence-electron chi connectivity index (χ3n) is 5.04. The number of nitrogens with one attached hydrogen (secondary N) is 3. The third kappa shape index (κ3) is 3.38. The van der Waals surface area contributed by atoms with Crippen LogP contribution in [0.2, 0.25) is 0 Å². The first-order chi connectivity index (χ1) is 13.2. The lowest BCUT2D eigenvalue weighted by Crippen LogP contribution is -2.43. The predicted molar refractivity (Wildman–Crippen MR) is 105 cm³/mol. The van der Waals surface area contributed by atoms with Crippen LogP contribution >= 0.6 is 0 Å². The van der Waals surface area contributed by atoms with Crippen molar-refractivity contribution in [2.75, 3.05) is 50.6 Å². The zero-order valence-electron chi connectivity index (χ0n) is 15.5. The van der Waals surface area contributed by atoms with Crippen LogP contribution in [0.4, 0.5) is 11.4 Å². The second-order valence-corrected chi connectivity index (χ2v) is 6.63. The molecule has 1 saturated heterocycles. The Kier molecular flexibility index (Phi) is 4.77. The zero-order valence-corrected chi connectivity index (χ0v) is 15.5. The number of rotatable bonds is 4. The maximum absolute atomic E-state index is 12.7. The summed E-state index contributed by atoms with van der Waals surface area (Å²) in [6.45, 7) is 4.01. The molecule has 0 saturated carbocycles. The maximum atomic E-state index is 12.7. The average molecular weight is 368 g/mol. The lowest BCUT2D eigenvalue weighted by Gasteiger charge is -2.31.